The van der Waals surface area contributed by atoms with Crippen LogP contribution in [0.4, 0.5) is 4.39 Å². The molecular formula is C18H15FN2O2S. The van der Waals surface area contributed by atoms with E-state index in [0.29, 0.717) is 0 Å². The Balaban J connectivity index is 1.79. The van der Waals surface area contributed by atoms with Gasteiger partial charge in [-0.25, -0.2) is 17.5 Å². The molecule has 0 saturated heterocycles. The number of hydrogen-bond acceptors (Lipinski definition) is 3. The van der Waals surface area contributed by atoms with Crippen LogP contribution in [0.1, 0.15) is 5.56 Å². The number of rotatable bonds is 5. The number of benzene rings is 2. The first kappa shape index (κ1) is 16.3. The molecule has 0 bridgehead atoms. The van der Waals surface area contributed by atoms with Gasteiger partial charge in [0.25, 0.3) is 0 Å². The van der Waals surface area contributed by atoms with Gasteiger partial charge < -0.3 is 0 Å². The molecule has 24 heavy (non-hydrogen) atoms. The Morgan fingerprint density at radius 3 is 2.42 bits per heavy atom. The Hall–Kier alpha value is -2.57. The predicted octanol–water partition coefficient (Wildman–Crippen LogP) is 3.37. The number of hydrogen-bond donors (Lipinski definition) is 1. The molecule has 0 aliphatic heterocycles. The SMILES string of the molecule is O=S(=O)(NCc1cccc(-c2ccncc2)c1)c1ccccc1F. The van der Waals surface area contributed by atoms with E-state index >= 15 is 0 Å². The van der Waals surface area contributed by atoms with Crippen molar-refractivity contribution < 1.29 is 12.8 Å². The highest BCUT2D eigenvalue weighted by atomic mass is 32.2. The van der Waals surface area contributed by atoms with Crippen LogP contribution in [0.25, 0.3) is 11.1 Å². The van der Waals surface area contributed by atoms with Gasteiger partial charge in [-0.2, -0.15) is 0 Å². The molecule has 0 aliphatic rings. The van der Waals surface area contributed by atoms with E-state index < -0.39 is 15.8 Å². The fraction of sp³-hybridized carbons (Fsp3) is 0.0556. The molecule has 3 aromatic rings. The smallest absolute Gasteiger partial charge is 0.243 e. The van der Waals surface area contributed by atoms with Crippen molar-refractivity contribution in [3.8, 4) is 11.1 Å². The highest BCUT2D eigenvalue weighted by Gasteiger charge is 2.17. The maximum atomic E-state index is 13.7. The molecule has 0 saturated carbocycles. The largest absolute Gasteiger partial charge is 0.265 e. The van der Waals surface area contributed by atoms with Crippen molar-refractivity contribution in [3.63, 3.8) is 0 Å². The summed E-state index contributed by atoms with van der Waals surface area (Å²) in [6.07, 6.45) is 3.39. The Morgan fingerprint density at radius 1 is 0.917 bits per heavy atom. The van der Waals surface area contributed by atoms with E-state index in [1.165, 1.54) is 18.2 Å². The van der Waals surface area contributed by atoms with Crippen molar-refractivity contribution >= 4 is 10.0 Å². The maximum Gasteiger partial charge on any atom is 0.243 e. The second-order valence-electron chi connectivity index (χ2n) is 5.19. The Bertz CT molecular complexity index is 944. The third kappa shape index (κ3) is 3.67. The van der Waals surface area contributed by atoms with Gasteiger partial charge in [0.2, 0.25) is 10.0 Å². The van der Waals surface area contributed by atoms with Gasteiger partial charge in [0.1, 0.15) is 10.7 Å². The molecule has 122 valence electrons. The summed E-state index contributed by atoms with van der Waals surface area (Å²) in [5.74, 6) is -0.768. The van der Waals surface area contributed by atoms with Crippen molar-refractivity contribution in [3.05, 3.63) is 84.4 Å². The van der Waals surface area contributed by atoms with Crippen LogP contribution >= 0.6 is 0 Å². The molecule has 6 heteroatoms. The molecule has 0 amide bonds. The van der Waals surface area contributed by atoms with E-state index in [2.05, 4.69) is 9.71 Å². The zero-order chi connectivity index (χ0) is 17.0. The first-order valence-electron chi connectivity index (χ1n) is 7.30. The summed E-state index contributed by atoms with van der Waals surface area (Å²) >= 11 is 0. The second kappa shape index (κ2) is 6.90. The quantitative estimate of drug-likeness (QED) is 0.773. The highest BCUT2D eigenvalue weighted by molar-refractivity contribution is 7.89. The van der Waals surface area contributed by atoms with Crippen LogP contribution in [0.2, 0.25) is 0 Å². The second-order valence-corrected chi connectivity index (χ2v) is 6.93. The van der Waals surface area contributed by atoms with Crippen LogP contribution < -0.4 is 4.72 Å². The molecular weight excluding hydrogens is 327 g/mol. The van der Waals surface area contributed by atoms with Gasteiger partial charge in [-0.1, -0.05) is 30.3 Å². The minimum Gasteiger partial charge on any atom is -0.265 e. The van der Waals surface area contributed by atoms with Crippen LogP contribution in [0, 0.1) is 5.82 Å². The predicted molar refractivity (Wildman–Crippen MR) is 90.1 cm³/mol. The average Bonchev–Trinajstić information content (AvgIpc) is 2.61. The number of halogens is 1. The van der Waals surface area contributed by atoms with Crippen LogP contribution in [0.5, 0.6) is 0 Å². The molecule has 0 spiro atoms. The van der Waals surface area contributed by atoms with Gasteiger partial charge in [-0.05, 0) is 47.0 Å². The summed E-state index contributed by atoms with van der Waals surface area (Å²) in [7, 11) is -3.90. The Labute approximate surface area is 140 Å². The molecule has 0 atom stereocenters. The normalized spacial score (nSPS) is 11.4. The Morgan fingerprint density at radius 2 is 1.67 bits per heavy atom. The summed E-state index contributed by atoms with van der Waals surface area (Å²) in [6, 6.07) is 16.5. The van der Waals surface area contributed by atoms with Crippen LogP contribution in [0.3, 0.4) is 0 Å². The highest BCUT2D eigenvalue weighted by Crippen LogP contribution is 2.20. The average molecular weight is 342 g/mol. The minimum absolute atomic E-state index is 0.0790. The van der Waals surface area contributed by atoms with Gasteiger partial charge in [-0.15, -0.1) is 0 Å². The maximum absolute atomic E-state index is 13.7. The van der Waals surface area contributed by atoms with Gasteiger partial charge >= 0.3 is 0 Å². The zero-order valence-corrected chi connectivity index (χ0v) is 13.5. The fourth-order valence-corrected chi connectivity index (χ4v) is 3.42. The molecule has 0 unspecified atom stereocenters. The number of nitrogens with zero attached hydrogens (tertiary/aromatic N) is 1. The number of aromatic nitrogens is 1. The molecule has 1 aromatic heterocycles. The van der Waals surface area contributed by atoms with Gasteiger partial charge in [0.15, 0.2) is 0 Å². The third-order valence-electron chi connectivity index (χ3n) is 3.53. The minimum atomic E-state index is -3.90. The lowest BCUT2D eigenvalue weighted by molar-refractivity contribution is 0.557. The summed E-state index contributed by atoms with van der Waals surface area (Å²) < 4.78 is 40.5. The molecule has 2 aromatic carbocycles. The molecule has 0 radical (unpaired) electrons. The van der Waals surface area contributed by atoms with Crippen LogP contribution in [-0.2, 0) is 16.6 Å². The zero-order valence-electron chi connectivity index (χ0n) is 12.7. The topological polar surface area (TPSA) is 59.1 Å². The van der Waals surface area contributed by atoms with E-state index in [0.717, 1.165) is 22.8 Å². The lowest BCUT2D eigenvalue weighted by Crippen LogP contribution is -2.24. The number of nitrogens with one attached hydrogen (secondary N) is 1. The van der Waals surface area contributed by atoms with Crippen LogP contribution in [-0.4, -0.2) is 13.4 Å². The third-order valence-corrected chi connectivity index (χ3v) is 4.97. The van der Waals surface area contributed by atoms with Gasteiger partial charge in [-0.3, -0.25) is 4.98 Å². The van der Waals surface area contributed by atoms with Crippen molar-refractivity contribution in [1.29, 1.82) is 0 Å². The monoisotopic (exact) mass is 342 g/mol. The lowest BCUT2D eigenvalue weighted by Gasteiger charge is -2.09. The lowest BCUT2D eigenvalue weighted by atomic mass is 10.0. The van der Waals surface area contributed by atoms with Crippen molar-refractivity contribution in [2.45, 2.75) is 11.4 Å². The summed E-state index contributed by atoms with van der Waals surface area (Å²) in [5.41, 5.74) is 2.73. The fourth-order valence-electron chi connectivity index (χ4n) is 2.32. The number of pyridine rings is 1. The molecule has 1 N–H and O–H groups in total. The van der Waals surface area contributed by atoms with Crippen molar-refractivity contribution in [2.75, 3.05) is 0 Å². The number of sulfonamides is 1. The molecule has 4 nitrogen and oxygen atoms in total. The summed E-state index contributed by atoms with van der Waals surface area (Å²) in [5, 5.41) is 0. The van der Waals surface area contributed by atoms with E-state index in [4.69, 9.17) is 0 Å². The first-order chi connectivity index (χ1) is 11.6. The van der Waals surface area contributed by atoms with Gasteiger partial charge in [0, 0.05) is 18.9 Å². The molecule has 3 rings (SSSR count). The first-order valence-corrected chi connectivity index (χ1v) is 8.78. The molecule has 1 heterocycles. The molecule has 0 aliphatic carbocycles. The van der Waals surface area contributed by atoms with E-state index in [1.54, 1.807) is 12.4 Å². The Kier molecular flexibility index (Phi) is 4.69. The van der Waals surface area contributed by atoms with Crippen LogP contribution in [0.15, 0.2) is 78.0 Å². The van der Waals surface area contributed by atoms with Crippen molar-refractivity contribution in [1.82, 2.24) is 9.71 Å². The summed E-state index contributed by atoms with van der Waals surface area (Å²) in [6.45, 7) is 0.0790. The standard InChI is InChI=1S/C18H15FN2O2S/c19-17-6-1-2-7-18(17)24(22,23)21-13-14-4-3-5-16(12-14)15-8-10-20-11-9-15/h1-12,21H,13H2. The van der Waals surface area contributed by atoms with Crippen molar-refractivity contribution in [2.24, 2.45) is 0 Å². The van der Waals surface area contributed by atoms with E-state index in [1.807, 2.05) is 36.4 Å². The summed E-state index contributed by atoms with van der Waals surface area (Å²) in [4.78, 5) is 3.63. The van der Waals surface area contributed by atoms with E-state index in [9.17, 15) is 12.8 Å². The van der Waals surface area contributed by atoms with Gasteiger partial charge in [0.05, 0.1) is 0 Å². The molecule has 0 fully saturated rings. The van der Waals surface area contributed by atoms with E-state index in [-0.39, 0.29) is 11.4 Å².